The summed E-state index contributed by atoms with van der Waals surface area (Å²) in [5.74, 6) is 0.818. The first-order chi connectivity index (χ1) is 15.1. The van der Waals surface area contributed by atoms with Gasteiger partial charge in [-0.25, -0.2) is 4.98 Å². The molecule has 6 nitrogen and oxygen atoms in total. The lowest BCUT2D eigenvalue weighted by atomic mass is 10.1. The van der Waals surface area contributed by atoms with Crippen LogP contribution in [-0.2, 0) is 16.0 Å². The van der Waals surface area contributed by atoms with Gasteiger partial charge in [0.05, 0.1) is 37.0 Å². The Hall–Kier alpha value is -2.19. The predicted octanol–water partition coefficient (Wildman–Crippen LogP) is 4.26. The highest BCUT2D eigenvalue weighted by atomic mass is 35.5. The first-order valence-corrected chi connectivity index (χ1v) is 11.6. The Balaban J connectivity index is 1.50. The van der Waals surface area contributed by atoms with Crippen molar-refractivity contribution in [3.63, 3.8) is 0 Å². The highest BCUT2D eigenvalue weighted by molar-refractivity contribution is 7.22. The van der Waals surface area contributed by atoms with Crippen molar-refractivity contribution >= 4 is 44.2 Å². The average Bonchev–Trinajstić information content (AvgIpc) is 3.20. The van der Waals surface area contributed by atoms with Gasteiger partial charge in [-0.1, -0.05) is 35.1 Å². The van der Waals surface area contributed by atoms with Gasteiger partial charge in [-0.15, -0.1) is 0 Å². The van der Waals surface area contributed by atoms with Crippen LogP contribution in [0.5, 0.6) is 5.75 Å². The van der Waals surface area contributed by atoms with Gasteiger partial charge < -0.3 is 9.47 Å². The number of anilines is 1. The van der Waals surface area contributed by atoms with Crippen molar-refractivity contribution in [3.8, 4) is 5.75 Å². The number of hydrogen-bond acceptors (Lipinski definition) is 6. The Kier molecular flexibility index (Phi) is 7.40. The van der Waals surface area contributed by atoms with Gasteiger partial charge in [-0.3, -0.25) is 14.6 Å². The average molecular weight is 460 g/mol. The number of carbonyl (C=O) groups is 1. The second-order valence-corrected chi connectivity index (χ2v) is 8.93. The number of amides is 1. The van der Waals surface area contributed by atoms with E-state index in [0.717, 1.165) is 65.9 Å². The molecule has 0 radical (unpaired) electrons. The summed E-state index contributed by atoms with van der Waals surface area (Å²) in [7, 11) is 1.63. The number of morpholine rings is 1. The minimum Gasteiger partial charge on any atom is -0.497 e. The molecule has 1 aliphatic rings. The van der Waals surface area contributed by atoms with E-state index < -0.39 is 0 Å². The molecule has 0 unspecified atom stereocenters. The summed E-state index contributed by atoms with van der Waals surface area (Å²) < 4.78 is 11.6. The maximum atomic E-state index is 13.3. The van der Waals surface area contributed by atoms with Crippen molar-refractivity contribution in [1.82, 2.24) is 9.88 Å². The summed E-state index contributed by atoms with van der Waals surface area (Å²) in [6.07, 6.45) is 1.20. The van der Waals surface area contributed by atoms with E-state index in [-0.39, 0.29) is 5.91 Å². The lowest BCUT2D eigenvalue weighted by molar-refractivity contribution is -0.118. The molecule has 0 atom stereocenters. The number of methoxy groups -OCH3 is 1. The summed E-state index contributed by atoms with van der Waals surface area (Å²) in [6, 6.07) is 13.3. The normalized spacial score (nSPS) is 14.6. The lowest BCUT2D eigenvalue weighted by Crippen LogP contribution is -2.39. The third-order valence-electron chi connectivity index (χ3n) is 5.35. The van der Waals surface area contributed by atoms with Crippen LogP contribution in [0.4, 0.5) is 5.13 Å². The van der Waals surface area contributed by atoms with Crippen molar-refractivity contribution in [3.05, 3.63) is 53.1 Å². The van der Waals surface area contributed by atoms with Gasteiger partial charge in [0.1, 0.15) is 5.75 Å². The number of nitrogens with zero attached hydrogens (tertiary/aromatic N) is 3. The molecule has 0 spiro atoms. The van der Waals surface area contributed by atoms with E-state index in [1.54, 1.807) is 7.11 Å². The molecule has 8 heteroatoms. The van der Waals surface area contributed by atoms with Crippen LogP contribution in [0.25, 0.3) is 10.2 Å². The van der Waals surface area contributed by atoms with E-state index in [1.165, 1.54) is 11.3 Å². The molecule has 1 saturated heterocycles. The Labute approximate surface area is 191 Å². The summed E-state index contributed by atoms with van der Waals surface area (Å²) in [4.78, 5) is 22.2. The lowest BCUT2D eigenvalue weighted by Gasteiger charge is -2.27. The maximum Gasteiger partial charge on any atom is 0.233 e. The van der Waals surface area contributed by atoms with Gasteiger partial charge in [-0.05, 0) is 42.3 Å². The summed E-state index contributed by atoms with van der Waals surface area (Å²) in [5.41, 5.74) is 1.81. The largest absolute Gasteiger partial charge is 0.497 e. The topological polar surface area (TPSA) is 54.9 Å². The molecule has 1 amide bonds. The van der Waals surface area contributed by atoms with Crippen molar-refractivity contribution in [2.75, 3.05) is 51.4 Å². The fourth-order valence-electron chi connectivity index (χ4n) is 3.62. The molecule has 0 bridgehead atoms. The molecule has 164 valence electrons. The molecule has 4 rings (SSSR count). The van der Waals surface area contributed by atoms with Crippen LogP contribution in [0.1, 0.15) is 12.0 Å². The smallest absolute Gasteiger partial charge is 0.233 e. The Bertz CT molecular complexity index is 1020. The van der Waals surface area contributed by atoms with Crippen molar-refractivity contribution in [1.29, 1.82) is 0 Å². The van der Waals surface area contributed by atoms with Gasteiger partial charge in [-0.2, -0.15) is 0 Å². The molecule has 0 N–H and O–H groups in total. The quantitative estimate of drug-likeness (QED) is 0.504. The van der Waals surface area contributed by atoms with Crippen LogP contribution in [0, 0.1) is 0 Å². The molecule has 0 aliphatic carbocycles. The van der Waals surface area contributed by atoms with Crippen LogP contribution in [0.15, 0.2) is 42.5 Å². The highest BCUT2D eigenvalue weighted by Crippen LogP contribution is 2.31. The first-order valence-electron chi connectivity index (χ1n) is 10.4. The Morgan fingerprint density at radius 1 is 1.23 bits per heavy atom. The van der Waals surface area contributed by atoms with Crippen LogP contribution in [0.2, 0.25) is 5.02 Å². The molecular formula is C23H26ClN3O3S. The van der Waals surface area contributed by atoms with E-state index in [2.05, 4.69) is 4.90 Å². The number of carbonyl (C=O) groups excluding carboxylic acids is 1. The summed E-state index contributed by atoms with van der Waals surface area (Å²) in [5, 5.41) is 1.39. The zero-order valence-corrected chi connectivity index (χ0v) is 19.1. The SMILES string of the molecule is COc1ccc(CC(=O)N(CCCN2CCOCC2)c2nc3ccc(Cl)cc3s2)cc1. The standard InChI is InChI=1S/C23H26ClN3O3S/c1-29-19-6-3-17(4-7-19)15-22(28)27(10-2-9-26-11-13-30-14-12-26)23-25-20-8-5-18(24)16-21(20)31-23/h3-8,16H,2,9-15H2,1H3. The van der Waals surface area contributed by atoms with Gasteiger partial charge in [0.2, 0.25) is 5.91 Å². The number of thiazole rings is 1. The molecule has 1 aliphatic heterocycles. The van der Waals surface area contributed by atoms with Crippen LogP contribution in [-0.4, -0.2) is 62.3 Å². The number of rotatable bonds is 8. The first kappa shape index (κ1) is 22.0. The van der Waals surface area contributed by atoms with Gasteiger partial charge in [0.25, 0.3) is 0 Å². The van der Waals surface area contributed by atoms with E-state index in [1.807, 2.05) is 47.4 Å². The Morgan fingerprint density at radius 2 is 2.00 bits per heavy atom. The Morgan fingerprint density at radius 3 is 2.74 bits per heavy atom. The predicted molar refractivity (Wildman–Crippen MR) is 126 cm³/mol. The summed E-state index contributed by atoms with van der Waals surface area (Å²) >= 11 is 7.65. The number of fused-ring (bicyclic) bond motifs is 1. The molecule has 3 aromatic rings. The number of aromatic nitrogens is 1. The second kappa shape index (κ2) is 10.4. The number of halogens is 1. The van der Waals surface area contributed by atoms with Crippen LogP contribution < -0.4 is 9.64 Å². The number of hydrogen-bond donors (Lipinski definition) is 0. The van der Waals surface area contributed by atoms with Gasteiger partial charge >= 0.3 is 0 Å². The zero-order chi connectivity index (χ0) is 21.6. The van der Waals surface area contributed by atoms with Gasteiger partial charge in [0.15, 0.2) is 5.13 Å². The zero-order valence-electron chi connectivity index (χ0n) is 17.6. The summed E-state index contributed by atoms with van der Waals surface area (Å²) in [6.45, 7) is 5.00. The fraction of sp³-hybridized carbons (Fsp3) is 0.391. The molecule has 1 fully saturated rings. The molecule has 31 heavy (non-hydrogen) atoms. The van der Waals surface area contributed by atoms with E-state index in [4.69, 9.17) is 26.1 Å². The molecule has 2 heterocycles. The van der Waals surface area contributed by atoms with Gasteiger partial charge in [0, 0.05) is 31.2 Å². The maximum absolute atomic E-state index is 13.3. The van der Waals surface area contributed by atoms with Crippen molar-refractivity contribution < 1.29 is 14.3 Å². The monoisotopic (exact) mass is 459 g/mol. The van der Waals surface area contributed by atoms with E-state index >= 15 is 0 Å². The third-order valence-corrected chi connectivity index (χ3v) is 6.62. The van der Waals surface area contributed by atoms with Crippen molar-refractivity contribution in [2.45, 2.75) is 12.8 Å². The number of benzene rings is 2. The second-order valence-electron chi connectivity index (χ2n) is 7.49. The fourth-order valence-corrected chi connectivity index (χ4v) is 4.90. The minimum atomic E-state index is 0.0392. The number of ether oxygens (including phenoxy) is 2. The molecule has 2 aromatic carbocycles. The van der Waals surface area contributed by atoms with Crippen LogP contribution in [0.3, 0.4) is 0 Å². The third kappa shape index (κ3) is 5.74. The highest BCUT2D eigenvalue weighted by Gasteiger charge is 2.21. The molecule has 1 aromatic heterocycles. The minimum absolute atomic E-state index is 0.0392. The van der Waals surface area contributed by atoms with Crippen LogP contribution >= 0.6 is 22.9 Å². The van der Waals surface area contributed by atoms with E-state index in [0.29, 0.717) is 18.0 Å². The molecule has 0 saturated carbocycles. The van der Waals surface area contributed by atoms with E-state index in [9.17, 15) is 4.79 Å². The molecular weight excluding hydrogens is 434 g/mol. The van der Waals surface area contributed by atoms with Crippen molar-refractivity contribution in [2.24, 2.45) is 0 Å².